The summed E-state index contributed by atoms with van der Waals surface area (Å²) in [6, 6.07) is 1.97. The third-order valence-electron chi connectivity index (χ3n) is 2.41. The highest BCUT2D eigenvalue weighted by atomic mass is 35.5. The Morgan fingerprint density at radius 1 is 1.38 bits per heavy atom. The largest absolute Gasteiger partial charge is 0.433 e. The minimum Gasteiger partial charge on any atom is -0.385 e. The number of rotatable bonds is 2. The van der Waals surface area contributed by atoms with Gasteiger partial charge in [0.25, 0.3) is 0 Å². The summed E-state index contributed by atoms with van der Waals surface area (Å²) in [5, 5.41) is 9.55. The third-order valence-corrected chi connectivity index (χ3v) is 2.70. The van der Waals surface area contributed by atoms with Crippen LogP contribution in [-0.2, 0) is 11.8 Å². The second-order valence-electron chi connectivity index (χ2n) is 3.66. The Morgan fingerprint density at radius 2 is 1.94 bits per heavy atom. The fraction of sp³-hybridized carbons (Fsp3) is 0.500. The zero-order chi connectivity index (χ0) is 12.6. The van der Waals surface area contributed by atoms with Crippen LogP contribution >= 0.6 is 11.6 Å². The van der Waals surface area contributed by atoms with Crippen LogP contribution in [0.1, 0.15) is 31.5 Å². The van der Waals surface area contributed by atoms with Crippen molar-refractivity contribution in [3.63, 3.8) is 0 Å². The fourth-order valence-electron chi connectivity index (χ4n) is 1.18. The Labute approximate surface area is 96.1 Å². The lowest BCUT2D eigenvalue weighted by Crippen LogP contribution is -2.21. The average Bonchev–Trinajstić information content (AvgIpc) is 2.16. The Bertz CT molecular complexity index is 390. The topological polar surface area (TPSA) is 33.1 Å². The molecule has 2 nitrogen and oxygen atoms in total. The molecule has 1 atom stereocenters. The number of pyridine rings is 1. The molecule has 90 valence electrons. The van der Waals surface area contributed by atoms with E-state index in [-0.39, 0.29) is 10.7 Å². The van der Waals surface area contributed by atoms with Gasteiger partial charge in [0, 0.05) is 5.56 Å². The quantitative estimate of drug-likeness (QED) is 0.820. The molecule has 1 aromatic heterocycles. The molecule has 0 aliphatic heterocycles. The van der Waals surface area contributed by atoms with Crippen LogP contribution in [0.2, 0.25) is 5.15 Å². The predicted molar refractivity (Wildman–Crippen MR) is 54.1 cm³/mol. The van der Waals surface area contributed by atoms with Gasteiger partial charge in [0.15, 0.2) is 0 Å². The highest BCUT2D eigenvalue weighted by molar-refractivity contribution is 6.30. The molecule has 0 saturated carbocycles. The molecule has 0 aliphatic carbocycles. The molecule has 0 saturated heterocycles. The number of nitrogens with zero attached hydrogens (tertiary/aromatic N) is 1. The van der Waals surface area contributed by atoms with Gasteiger partial charge in [0.2, 0.25) is 0 Å². The molecule has 6 heteroatoms. The Hall–Kier alpha value is -0.810. The van der Waals surface area contributed by atoms with Gasteiger partial charge in [-0.05, 0) is 19.4 Å². The Kier molecular flexibility index (Phi) is 3.50. The van der Waals surface area contributed by atoms with Gasteiger partial charge >= 0.3 is 6.18 Å². The minimum atomic E-state index is -4.53. The van der Waals surface area contributed by atoms with Gasteiger partial charge in [-0.3, -0.25) is 0 Å². The number of aliphatic hydroxyl groups is 1. The number of aromatic nitrogens is 1. The van der Waals surface area contributed by atoms with E-state index in [9.17, 15) is 18.3 Å². The first-order valence-corrected chi connectivity index (χ1v) is 5.03. The van der Waals surface area contributed by atoms with E-state index in [0.29, 0.717) is 6.42 Å². The van der Waals surface area contributed by atoms with Crippen molar-refractivity contribution in [3.05, 3.63) is 28.5 Å². The molecule has 1 rings (SSSR count). The summed E-state index contributed by atoms with van der Waals surface area (Å²) in [6.45, 7) is 3.18. The van der Waals surface area contributed by atoms with E-state index in [1.807, 2.05) is 0 Å². The average molecular weight is 254 g/mol. The molecule has 1 unspecified atom stereocenters. The van der Waals surface area contributed by atoms with Crippen LogP contribution in [0.5, 0.6) is 0 Å². The van der Waals surface area contributed by atoms with Crippen molar-refractivity contribution in [1.82, 2.24) is 4.98 Å². The molecule has 0 aromatic carbocycles. The summed E-state index contributed by atoms with van der Waals surface area (Å²) in [7, 11) is 0. The van der Waals surface area contributed by atoms with Gasteiger partial charge in [0.1, 0.15) is 10.8 Å². The lowest BCUT2D eigenvalue weighted by atomic mass is 9.95. The molecular formula is C10H11ClF3NO. The van der Waals surface area contributed by atoms with E-state index >= 15 is 0 Å². The van der Waals surface area contributed by atoms with Crippen LogP contribution in [-0.4, -0.2) is 10.1 Å². The van der Waals surface area contributed by atoms with E-state index in [0.717, 1.165) is 12.1 Å². The molecule has 0 aliphatic rings. The van der Waals surface area contributed by atoms with Gasteiger partial charge in [-0.15, -0.1) is 0 Å². The first kappa shape index (κ1) is 13.3. The van der Waals surface area contributed by atoms with Crippen LogP contribution < -0.4 is 0 Å². The zero-order valence-electron chi connectivity index (χ0n) is 8.77. The Morgan fingerprint density at radius 3 is 2.31 bits per heavy atom. The molecule has 1 N–H and O–H groups in total. The first-order valence-electron chi connectivity index (χ1n) is 4.65. The van der Waals surface area contributed by atoms with E-state index in [4.69, 9.17) is 11.6 Å². The second-order valence-corrected chi connectivity index (χ2v) is 4.02. The minimum absolute atomic E-state index is 0.199. The van der Waals surface area contributed by atoms with Crippen LogP contribution in [0.4, 0.5) is 13.2 Å². The number of hydrogen-bond donors (Lipinski definition) is 1. The SMILES string of the molecule is CCC(C)(O)c1ccc(C(F)(F)F)nc1Cl. The normalized spacial score (nSPS) is 15.9. The molecule has 0 spiro atoms. The van der Waals surface area contributed by atoms with Gasteiger partial charge < -0.3 is 5.11 Å². The molecule has 0 radical (unpaired) electrons. The van der Waals surface area contributed by atoms with E-state index in [2.05, 4.69) is 4.98 Å². The monoisotopic (exact) mass is 253 g/mol. The maximum absolute atomic E-state index is 12.3. The number of halogens is 4. The standard InChI is InChI=1S/C10H11ClF3NO/c1-3-9(2,16)6-4-5-7(10(12,13)14)15-8(6)11/h4-5,16H,3H2,1-2H3. The molecule has 0 fully saturated rings. The van der Waals surface area contributed by atoms with Crippen LogP contribution in [0.25, 0.3) is 0 Å². The van der Waals surface area contributed by atoms with Crippen molar-refractivity contribution < 1.29 is 18.3 Å². The fourth-order valence-corrected chi connectivity index (χ4v) is 1.54. The molecule has 0 amide bonds. The smallest absolute Gasteiger partial charge is 0.385 e. The highest BCUT2D eigenvalue weighted by Gasteiger charge is 2.34. The first-order chi connectivity index (χ1) is 7.18. The van der Waals surface area contributed by atoms with Crippen LogP contribution in [0.15, 0.2) is 12.1 Å². The van der Waals surface area contributed by atoms with Crippen molar-refractivity contribution in [2.45, 2.75) is 32.0 Å². The summed E-state index contributed by atoms with van der Waals surface area (Å²) in [6.07, 6.45) is -4.19. The van der Waals surface area contributed by atoms with E-state index in [1.54, 1.807) is 6.92 Å². The van der Waals surface area contributed by atoms with Gasteiger partial charge in [-0.1, -0.05) is 24.6 Å². The van der Waals surface area contributed by atoms with Crippen LogP contribution in [0.3, 0.4) is 0 Å². The lowest BCUT2D eigenvalue weighted by Gasteiger charge is -2.23. The third kappa shape index (κ3) is 2.65. The summed E-state index contributed by atoms with van der Waals surface area (Å²) >= 11 is 5.63. The molecule has 1 heterocycles. The molecular weight excluding hydrogens is 243 g/mol. The van der Waals surface area contributed by atoms with Crippen molar-refractivity contribution >= 4 is 11.6 Å². The van der Waals surface area contributed by atoms with Crippen molar-refractivity contribution in [2.75, 3.05) is 0 Å². The van der Waals surface area contributed by atoms with Gasteiger partial charge in [0.05, 0.1) is 5.60 Å². The maximum atomic E-state index is 12.3. The number of alkyl halides is 3. The van der Waals surface area contributed by atoms with E-state index < -0.39 is 17.5 Å². The van der Waals surface area contributed by atoms with Gasteiger partial charge in [-0.25, -0.2) is 4.98 Å². The van der Waals surface area contributed by atoms with Gasteiger partial charge in [-0.2, -0.15) is 13.2 Å². The Balaban J connectivity index is 3.20. The second kappa shape index (κ2) is 4.22. The maximum Gasteiger partial charge on any atom is 0.433 e. The summed E-state index contributed by atoms with van der Waals surface area (Å²) in [5.74, 6) is 0. The zero-order valence-corrected chi connectivity index (χ0v) is 9.52. The molecule has 1 aromatic rings. The van der Waals surface area contributed by atoms with Crippen molar-refractivity contribution in [1.29, 1.82) is 0 Å². The molecule has 0 bridgehead atoms. The summed E-state index contributed by atoms with van der Waals surface area (Å²) in [4.78, 5) is 3.24. The van der Waals surface area contributed by atoms with Crippen molar-refractivity contribution in [2.24, 2.45) is 0 Å². The van der Waals surface area contributed by atoms with Crippen molar-refractivity contribution in [3.8, 4) is 0 Å². The predicted octanol–water partition coefficient (Wildman–Crippen LogP) is 3.37. The van der Waals surface area contributed by atoms with E-state index in [1.165, 1.54) is 6.92 Å². The molecule has 16 heavy (non-hydrogen) atoms. The number of hydrogen-bond acceptors (Lipinski definition) is 2. The summed E-state index contributed by atoms with van der Waals surface area (Å²) in [5.41, 5.74) is -2.13. The van der Waals surface area contributed by atoms with Crippen LogP contribution in [0, 0.1) is 0 Å². The highest BCUT2D eigenvalue weighted by Crippen LogP contribution is 2.33. The summed E-state index contributed by atoms with van der Waals surface area (Å²) < 4.78 is 36.9. The lowest BCUT2D eigenvalue weighted by molar-refractivity contribution is -0.141.